The molecule has 2 aliphatic heterocycles. The average Bonchev–Trinajstić information content (AvgIpc) is 2.72. The Kier molecular flexibility index (Phi) is 1.83. The lowest BCUT2D eigenvalue weighted by Gasteiger charge is -2.34. The van der Waals surface area contributed by atoms with E-state index in [1.54, 1.807) is 6.07 Å². The van der Waals surface area contributed by atoms with Gasteiger partial charge in [-0.25, -0.2) is 0 Å². The van der Waals surface area contributed by atoms with Gasteiger partial charge in [0, 0.05) is 30.3 Å². The molecule has 1 saturated heterocycles. The van der Waals surface area contributed by atoms with Crippen LogP contribution in [-0.4, -0.2) is 34.8 Å². The fraction of sp³-hybridized carbons (Fsp3) is 0.727. The van der Waals surface area contributed by atoms with Crippen molar-refractivity contribution in [1.29, 1.82) is 0 Å². The van der Waals surface area contributed by atoms with E-state index < -0.39 is 0 Å². The quantitative estimate of drug-likeness (QED) is 0.674. The maximum atomic E-state index is 11.4. The number of nitrogens with one attached hydrogen (secondary N) is 1. The second kappa shape index (κ2) is 2.98. The zero-order valence-corrected chi connectivity index (χ0v) is 9.12. The number of fused-ring (bicyclic) bond motifs is 2. The Hall–Kier alpha value is -1.03. The van der Waals surface area contributed by atoms with Crippen LogP contribution >= 0.6 is 0 Å². The van der Waals surface area contributed by atoms with Crippen LogP contribution in [0.1, 0.15) is 25.0 Å². The van der Waals surface area contributed by atoms with Crippen molar-refractivity contribution in [2.45, 2.75) is 31.2 Å². The summed E-state index contributed by atoms with van der Waals surface area (Å²) in [6, 6.07) is 1.80. The lowest BCUT2D eigenvalue weighted by Crippen LogP contribution is -2.36. The first-order chi connectivity index (χ1) is 7.20. The van der Waals surface area contributed by atoms with Gasteiger partial charge < -0.3 is 4.90 Å². The molecule has 0 aromatic carbocycles. The zero-order chi connectivity index (χ0) is 10.5. The molecule has 1 aromatic heterocycles. The lowest BCUT2D eigenvalue weighted by atomic mass is 9.77. The summed E-state index contributed by atoms with van der Waals surface area (Å²) in [5.74, 6) is 0. The first-order valence-electron chi connectivity index (χ1n) is 5.69. The third-order valence-electron chi connectivity index (χ3n) is 3.93. The smallest absolute Gasteiger partial charge is 0.264 e. The summed E-state index contributed by atoms with van der Waals surface area (Å²) in [7, 11) is 2.17. The van der Waals surface area contributed by atoms with Crippen LogP contribution in [-0.2, 0) is 12.0 Å². The van der Waals surface area contributed by atoms with Crippen molar-refractivity contribution < 1.29 is 0 Å². The Morgan fingerprint density at radius 3 is 3.00 bits per heavy atom. The SMILES string of the molecule is CN1CCC2(CCCn3[nH]c(=O)cc32)C1. The van der Waals surface area contributed by atoms with Crippen molar-refractivity contribution in [2.75, 3.05) is 20.1 Å². The second-order valence-electron chi connectivity index (χ2n) is 5.03. The molecule has 0 radical (unpaired) electrons. The standard InChI is InChI=1S/C11H17N3O/c1-13-6-4-11(8-13)3-2-5-14-9(11)7-10(15)12-14/h7H,2-6,8H2,1H3,(H,12,15). The van der Waals surface area contributed by atoms with Gasteiger partial charge in [-0.1, -0.05) is 0 Å². The van der Waals surface area contributed by atoms with Crippen LogP contribution in [0, 0.1) is 0 Å². The van der Waals surface area contributed by atoms with E-state index >= 15 is 0 Å². The average molecular weight is 207 g/mol. The highest BCUT2D eigenvalue weighted by atomic mass is 16.1. The van der Waals surface area contributed by atoms with Gasteiger partial charge in [0.15, 0.2) is 0 Å². The van der Waals surface area contributed by atoms with Gasteiger partial charge in [-0.3, -0.25) is 14.6 Å². The minimum atomic E-state index is 0.0563. The molecule has 1 N–H and O–H groups in total. The van der Waals surface area contributed by atoms with E-state index in [4.69, 9.17) is 0 Å². The number of likely N-dealkylation sites (N-methyl/N-ethyl adjacent to an activating group) is 1. The summed E-state index contributed by atoms with van der Waals surface area (Å²) < 4.78 is 2.06. The first-order valence-corrected chi connectivity index (χ1v) is 5.69. The Morgan fingerprint density at radius 1 is 1.40 bits per heavy atom. The number of hydrogen-bond donors (Lipinski definition) is 1. The van der Waals surface area contributed by atoms with Crippen molar-refractivity contribution in [3.8, 4) is 0 Å². The van der Waals surface area contributed by atoms with Gasteiger partial charge in [-0.2, -0.15) is 0 Å². The maximum Gasteiger partial charge on any atom is 0.264 e. The fourth-order valence-electron chi connectivity index (χ4n) is 3.24. The molecule has 82 valence electrons. The molecule has 1 aromatic rings. The van der Waals surface area contributed by atoms with E-state index in [0.29, 0.717) is 0 Å². The van der Waals surface area contributed by atoms with Crippen LogP contribution in [0.3, 0.4) is 0 Å². The predicted octanol–water partition coefficient (Wildman–Crippen LogP) is 0.543. The molecule has 1 atom stereocenters. The summed E-state index contributed by atoms with van der Waals surface area (Å²) in [4.78, 5) is 13.8. The first kappa shape index (κ1) is 9.21. The van der Waals surface area contributed by atoms with Crippen molar-refractivity contribution in [3.63, 3.8) is 0 Å². The van der Waals surface area contributed by atoms with Gasteiger partial charge >= 0.3 is 0 Å². The molecule has 4 nitrogen and oxygen atoms in total. The molecular formula is C11H17N3O. The number of aromatic amines is 1. The normalized spacial score (nSPS) is 31.0. The minimum absolute atomic E-state index is 0.0563. The predicted molar refractivity (Wildman–Crippen MR) is 58.1 cm³/mol. The molecular weight excluding hydrogens is 190 g/mol. The third-order valence-corrected chi connectivity index (χ3v) is 3.93. The Morgan fingerprint density at radius 2 is 2.27 bits per heavy atom. The van der Waals surface area contributed by atoms with Crippen LogP contribution in [0.2, 0.25) is 0 Å². The summed E-state index contributed by atoms with van der Waals surface area (Å²) in [6.45, 7) is 3.23. The molecule has 0 aliphatic carbocycles. The summed E-state index contributed by atoms with van der Waals surface area (Å²) in [5.41, 5.74) is 1.55. The number of nitrogens with zero attached hydrogens (tertiary/aromatic N) is 2. The van der Waals surface area contributed by atoms with Gasteiger partial charge in [-0.05, 0) is 32.9 Å². The van der Waals surface area contributed by atoms with E-state index in [0.717, 1.165) is 19.6 Å². The van der Waals surface area contributed by atoms with E-state index in [1.807, 2.05) is 0 Å². The minimum Gasteiger partial charge on any atom is -0.305 e. The van der Waals surface area contributed by atoms with E-state index in [2.05, 4.69) is 21.7 Å². The number of rotatable bonds is 0. The Balaban J connectivity index is 2.09. The number of aromatic nitrogens is 2. The molecule has 3 heterocycles. The van der Waals surface area contributed by atoms with Gasteiger partial charge in [-0.15, -0.1) is 0 Å². The monoisotopic (exact) mass is 207 g/mol. The molecule has 15 heavy (non-hydrogen) atoms. The van der Waals surface area contributed by atoms with Gasteiger partial charge in [0.25, 0.3) is 5.56 Å². The molecule has 1 unspecified atom stereocenters. The third kappa shape index (κ3) is 1.28. The summed E-state index contributed by atoms with van der Waals surface area (Å²) in [5, 5.41) is 2.91. The largest absolute Gasteiger partial charge is 0.305 e. The molecule has 1 spiro atoms. The number of hydrogen-bond acceptors (Lipinski definition) is 2. The number of aryl methyl sites for hydroxylation is 1. The Bertz CT molecular complexity index is 433. The lowest BCUT2D eigenvalue weighted by molar-refractivity contribution is 0.289. The molecule has 0 saturated carbocycles. The second-order valence-corrected chi connectivity index (χ2v) is 5.03. The molecule has 2 aliphatic rings. The van der Waals surface area contributed by atoms with Crippen molar-refractivity contribution in [1.82, 2.24) is 14.7 Å². The van der Waals surface area contributed by atoms with E-state index in [9.17, 15) is 4.79 Å². The van der Waals surface area contributed by atoms with E-state index in [-0.39, 0.29) is 11.0 Å². The van der Waals surface area contributed by atoms with Gasteiger partial charge in [0.05, 0.1) is 0 Å². The maximum absolute atomic E-state index is 11.4. The topological polar surface area (TPSA) is 41.0 Å². The van der Waals surface area contributed by atoms with Crippen molar-refractivity contribution in [2.24, 2.45) is 0 Å². The van der Waals surface area contributed by atoms with Crippen LogP contribution < -0.4 is 5.56 Å². The van der Waals surface area contributed by atoms with Gasteiger partial charge in [0.1, 0.15) is 0 Å². The zero-order valence-electron chi connectivity index (χ0n) is 9.12. The van der Waals surface area contributed by atoms with Crippen LogP contribution in [0.15, 0.2) is 10.9 Å². The van der Waals surface area contributed by atoms with Crippen LogP contribution in [0.5, 0.6) is 0 Å². The number of likely N-dealkylation sites (tertiary alicyclic amines) is 1. The van der Waals surface area contributed by atoms with Crippen LogP contribution in [0.25, 0.3) is 0 Å². The molecule has 4 heteroatoms. The highest BCUT2D eigenvalue weighted by molar-refractivity contribution is 5.21. The van der Waals surface area contributed by atoms with Crippen molar-refractivity contribution in [3.05, 3.63) is 22.1 Å². The Labute approximate surface area is 88.9 Å². The van der Waals surface area contributed by atoms with E-state index in [1.165, 1.54) is 25.0 Å². The van der Waals surface area contributed by atoms with Crippen LogP contribution in [0.4, 0.5) is 0 Å². The molecule has 0 bridgehead atoms. The number of H-pyrrole nitrogens is 1. The highest BCUT2D eigenvalue weighted by Crippen LogP contribution is 2.40. The summed E-state index contributed by atoms with van der Waals surface area (Å²) in [6.07, 6.45) is 3.61. The highest BCUT2D eigenvalue weighted by Gasteiger charge is 2.42. The molecule has 0 amide bonds. The summed E-state index contributed by atoms with van der Waals surface area (Å²) >= 11 is 0. The molecule has 1 fully saturated rings. The fourth-order valence-corrected chi connectivity index (χ4v) is 3.24. The molecule has 3 rings (SSSR count). The van der Waals surface area contributed by atoms with Gasteiger partial charge in [0.2, 0.25) is 0 Å². The van der Waals surface area contributed by atoms with Crippen molar-refractivity contribution >= 4 is 0 Å².